The van der Waals surface area contributed by atoms with Crippen LogP contribution in [0.4, 0.5) is 0 Å². The van der Waals surface area contributed by atoms with Crippen LogP contribution in [0.1, 0.15) is 80.1 Å². The van der Waals surface area contributed by atoms with Crippen LogP contribution in [-0.2, 0) is 29.0 Å². The molecule has 0 bridgehead atoms. The van der Waals surface area contributed by atoms with Gasteiger partial charge in [0.1, 0.15) is 12.1 Å². The maximum absolute atomic E-state index is 13.8. The molecule has 0 aliphatic heterocycles. The first kappa shape index (κ1) is 34.3. The van der Waals surface area contributed by atoms with Gasteiger partial charge in [0, 0.05) is 11.3 Å². The van der Waals surface area contributed by atoms with Crippen molar-refractivity contribution in [3.8, 4) is 0 Å². The fraction of sp³-hybridized carbons (Fsp3) is 0.625. The highest BCUT2D eigenvalue weighted by atomic mass is 32.2. The van der Waals surface area contributed by atoms with E-state index in [1.165, 1.54) is 12.1 Å². The standard InChI is InChI=1S/C32H47N3O7S/c1-7-20(4)28(38)34-27(24-19-32(24,6)9-3)30(40)35-26(23-18-31(23,5)8-2)29(39)33-21(17-25(36)37)15-16-43(41,42)22-13-11-10-12-14-22/h10-16,20-21,23-24,26-27H,7-9,17-19H2,1-6H3,(H,33,39)(H,34,38)(H,35,40)(H,36,37). The topological polar surface area (TPSA) is 159 Å². The smallest absolute Gasteiger partial charge is 0.305 e. The zero-order valence-corrected chi connectivity index (χ0v) is 26.9. The summed E-state index contributed by atoms with van der Waals surface area (Å²) in [7, 11) is -3.88. The molecule has 0 heterocycles. The van der Waals surface area contributed by atoms with E-state index in [-0.39, 0.29) is 39.4 Å². The fourth-order valence-corrected chi connectivity index (χ4v) is 6.77. The molecule has 11 heteroatoms. The van der Waals surface area contributed by atoms with Gasteiger partial charge in [0.05, 0.1) is 17.4 Å². The molecule has 2 saturated carbocycles. The summed E-state index contributed by atoms with van der Waals surface area (Å²) in [5, 5.41) is 18.9. The first-order valence-electron chi connectivity index (χ1n) is 15.2. The first-order chi connectivity index (χ1) is 20.1. The molecule has 8 atom stereocenters. The number of carbonyl (C=O) groups excluding carboxylic acids is 3. The molecule has 1 aromatic carbocycles. The van der Waals surface area contributed by atoms with E-state index in [4.69, 9.17) is 0 Å². The second-order valence-electron chi connectivity index (χ2n) is 12.8. The normalized spacial score (nSPS) is 27.4. The molecule has 238 valence electrons. The lowest BCUT2D eigenvalue weighted by molar-refractivity contribution is -0.137. The number of carbonyl (C=O) groups is 4. The lowest BCUT2D eigenvalue weighted by Gasteiger charge is -2.27. The van der Waals surface area contributed by atoms with Gasteiger partial charge in [-0.15, -0.1) is 0 Å². The van der Waals surface area contributed by atoms with Crippen molar-refractivity contribution >= 4 is 33.5 Å². The predicted molar refractivity (Wildman–Crippen MR) is 163 cm³/mol. The van der Waals surface area contributed by atoms with Crippen molar-refractivity contribution in [3.63, 3.8) is 0 Å². The molecule has 1 aromatic rings. The van der Waals surface area contributed by atoms with Gasteiger partial charge >= 0.3 is 5.97 Å². The Morgan fingerprint density at radius 2 is 1.37 bits per heavy atom. The number of nitrogens with one attached hydrogen (secondary N) is 3. The van der Waals surface area contributed by atoms with Crippen molar-refractivity contribution in [2.45, 2.75) is 103 Å². The minimum absolute atomic E-state index is 0.0399. The third-order valence-electron chi connectivity index (χ3n) is 9.77. The summed E-state index contributed by atoms with van der Waals surface area (Å²) in [6.07, 6.45) is 4.31. The van der Waals surface area contributed by atoms with Gasteiger partial charge in [-0.25, -0.2) is 8.42 Å². The number of amides is 3. The van der Waals surface area contributed by atoms with E-state index in [1.807, 2.05) is 27.7 Å². The number of benzene rings is 1. The SMILES string of the molecule is CCC(C)C(=O)NC(C(=O)NC(C(=O)NC(C=CS(=O)(=O)c1ccccc1)CC(=O)O)C1CC1(C)CC)C1CC1(C)CC. The summed E-state index contributed by atoms with van der Waals surface area (Å²) in [5.41, 5.74) is -0.293. The number of hydrogen-bond donors (Lipinski definition) is 4. The molecule has 0 spiro atoms. The van der Waals surface area contributed by atoms with E-state index in [0.717, 1.165) is 30.7 Å². The van der Waals surface area contributed by atoms with Crippen LogP contribution in [0.5, 0.6) is 0 Å². The third kappa shape index (κ3) is 8.46. The molecule has 0 radical (unpaired) electrons. The molecule has 2 fully saturated rings. The number of rotatable bonds is 16. The Hall–Kier alpha value is -3.21. The number of hydrogen-bond acceptors (Lipinski definition) is 6. The van der Waals surface area contributed by atoms with Gasteiger partial charge in [0.25, 0.3) is 0 Å². The number of carboxylic acids is 1. The van der Waals surface area contributed by atoms with Crippen molar-refractivity contribution in [1.82, 2.24) is 16.0 Å². The molecule has 0 aromatic heterocycles. The van der Waals surface area contributed by atoms with Gasteiger partial charge in [-0.1, -0.05) is 72.6 Å². The summed E-state index contributed by atoms with van der Waals surface area (Å²) < 4.78 is 25.5. The summed E-state index contributed by atoms with van der Waals surface area (Å²) in [6.45, 7) is 11.9. The maximum atomic E-state index is 13.8. The minimum atomic E-state index is -3.88. The molecular formula is C32H47N3O7S. The van der Waals surface area contributed by atoms with Crippen LogP contribution in [0, 0.1) is 28.6 Å². The van der Waals surface area contributed by atoms with Crippen molar-refractivity contribution < 1.29 is 32.7 Å². The van der Waals surface area contributed by atoms with Crippen molar-refractivity contribution in [2.75, 3.05) is 0 Å². The Morgan fingerprint density at radius 1 is 0.884 bits per heavy atom. The van der Waals surface area contributed by atoms with Crippen molar-refractivity contribution in [1.29, 1.82) is 0 Å². The fourth-order valence-electron chi connectivity index (χ4n) is 5.68. The Balaban J connectivity index is 1.85. The highest BCUT2D eigenvalue weighted by molar-refractivity contribution is 7.94. The van der Waals surface area contributed by atoms with E-state index in [9.17, 15) is 32.7 Å². The Labute approximate surface area is 255 Å². The monoisotopic (exact) mass is 617 g/mol. The van der Waals surface area contributed by atoms with Crippen molar-refractivity contribution in [3.05, 3.63) is 41.8 Å². The summed E-state index contributed by atoms with van der Waals surface area (Å²) in [4.78, 5) is 52.1. The van der Waals surface area contributed by atoms with Gasteiger partial charge in [-0.05, 0) is 60.1 Å². The largest absolute Gasteiger partial charge is 0.481 e. The Bertz CT molecular complexity index is 1330. The van der Waals surface area contributed by atoms with Crippen molar-refractivity contribution in [2.24, 2.45) is 28.6 Å². The highest BCUT2D eigenvalue weighted by Crippen LogP contribution is 2.58. The summed E-state index contributed by atoms with van der Waals surface area (Å²) in [6, 6.07) is 4.76. The van der Waals surface area contributed by atoms with E-state index >= 15 is 0 Å². The molecular weight excluding hydrogens is 570 g/mol. The van der Waals surface area contributed by atoms with Crippen LogP contribution in [0.15, 0.2) is 46.7 Å². The van der Waals surface area contributed by atoms with Crippen LogP contribution < -0.4 is 16.0 Å². The number of sulfone groups is 1. The van der Waals surface area contributed by atoms with Gasteiger partial charge in [-0.3, -0.25) is 19.2 Å². The Kier molecular flexibility index (Phi) is 10.9. The molecule has 10 nitrogen and oxygen atoms in total. The van der Waals surface area contributed by atoms with Crippen LogP contribution >= 0.6 is 0 Å². The van der Waals surface area contributed by atoms with Crippen LogP contribution in [-0.4, -0.2) is 55.3 Å². The van der Waals surface area contributed by atoms with Gasteiger partial charge in [-0.2, -0.15) is 0 Å². The van der Waals surface area contributed by atoms with Crippen LogP contribution in [0.2, 0.25) is 0 Å². The lowest BCUT2D eigenvalue weighted by Crippen LogP contribution is -2.57. The van der Waals surface area contributed by atoms with E-state index < -0.39 is 52.2 Å². The molecule has 4 N–H and O–H groups in total. The van der Waals surface area contributed by atoms with Gasteiger partial charge in [0.2, 0.25) is 17.7 Å². The second kappa shape index (κ2) is 13.6. The second-order valence-corrected chi connectivity index (χ2v) is 14.7. The number of carboxylic acid groups (broad SMARTS) is 1. The molecule has 8 unspecified atom stereocenters. The van der Waals surface area contributed by atoms with Gasteiger partial charge in [0.15, 0.2) is 9.84 Å². The van der Waals surface area contributed by atoms with E-state index in [0.29, 0.717) is 12.8 Å². The highest BCUT2D eigenvalue weighted by Gasteiger charge is 2.58. The maximum Gasteiger partial charge on any atom is 0.305 e. The average molecular weight is 618 g/mol. The first-order valence-corrected chi connectivity index (χ1v) is 16.8. The number of aliphatic carboxylic acids is 1. The lowest BCUT2D eigenvalue weighted by atomic mass is 9.95. The minimum Gasteiger partial charge on any atom is -0.481 e. The third-order valence-corrected chi connectivity index (χ3v) is 11.2. The average Bonchev–Trinajstić information content (AvgIpc) is 3.86. The zero-order valence-electron chi connectivity index (χ0n) is 26.1. The van der Waals surface area contributed by atoms with Crippen LogP contribution in [0.25, 0.3) is 0 Å². The predicted octanol–water partition coefficient (Wildman–Crippen LogP) is 3.82. The molecule has 2 aliphatic carbocycles. The zero-order chi connectivity index (χ0) is 32.2. The molecule has 3 rings (SSSR count). The summed E-state index contributed by atoms with van der Waals surface area (Å²) >= 11 is 0. The molecule has 3 amide bonds. The Morgan fingerprint density at radius 3 is 1.81 bits per heavy atom. The molecule has 43 heavy (non-hydrogen) atoms. The van der Waals surface area contributed by atoms with Gasteiger partial charge < -0.3 is 21.1 Å². The van der Waals surface area contributed by atoms with E-state index in [2.05, 4.69) is 22.9 Å². The molecule has 0 saturated heterocycles. The summed E-state index contributed by atoms with van der Waals surface area (Å²) in [5.74, 6) is -3.03. The van der Waals surface area contributed by atoms with E-state index in [1.54, 1.807) is 25.1 Å². The van der Waals surface area contributed by atoms with Crippen LogP contribution in [0.3, 0.4) is 0 Å². The molecule has 2 aliphatic rings. The quantitative estimate of drug-likeness (QED) is 0.219.